The number of carbonyl (C=O) groups excluding carboxylic acids is 3. The second kappa shape index (κ2) is 8.86. The predicted octanol–water partition coefficient (Wildman–Crippen LogP) is 0.557. The summed E-state index contributed by atoms with van der Waals surface area (Å²) in [6, 6.07) is -0.455. The number of hydrogen-bond donors (Lipinski definition) is 2. The van der Waals surface area contributed by atoms with Crippen LogP contribution in [0.15, 0.2) is 0 Å². The van der Waals surface area contributed by atoms with Crippen LogP contribution in [0.1, 0.15) is 39.0 Å². The minimum atomic E-state index is -0.455. The van der Waals surface area contributed by atoms with Crippen LogP contribution in [0.5, 0.6) is 0 Å². The number of amides is 4. The fourth-order valence-electron chi connectivity index (χ4n) is 3.31. The van der Waals surface area contributed by atoms with Gasteiger partial charge in [-0.15, -0.1) is 0 Å². The van der Waals surface area contributed by atoms with E-state index in [1.54, 1.807) is 6.92 Å². The van der Waals surface area contributed by atoms with Crippen molar-refractivity contribution in [1.82, 2.24) is 20.4 Å². The van der Waals surface area contributed by atoms with Crippen molar-refractivity contribution >= 4 is 17.8 Å². The molecule has 2 N–H and O–H groups in total. The molecule has 0 aromatic heterocycles. The molecule has 1 aliphatic carbocycles. The van der Waals surface area contributed by atoms with Gasteiger partial charge in [0, 0.05) is 38.6 Å². The van der Waals surface area contributed by atoms with Crippen molar-refractivity contribution in [3.05, 3.63) is 0 Å². The van der Waals surface area contributed by atoms with Gasteiger partial charge in [0.15, 0.2) is 0 Å². The lowest BCUT2D eigenvalue weighted by atomic mass is 9.88. The summed E-state index contributed by atoms with van der Waals surface area (Å²) in [5, 5.41) is 4.83. The van der Waals surface area contributed by atoms with Crippen LogP contribution >= 0.6 is 0 Å². The number of hydrogen-bond acceptors (Lipinski definition) is 4. The molecule has 23 heavy (non-hydrogen) atoms. The van der Waals surface area contributed by atoms with E-state index in [0.29, 0.717) is 32.7 Å². The van der Waals surface area contributed by atoms with Gasteiger partial charge >= 0.3 is 6.03 Å². The Hall–Kier alpha value is -1.63. The molecule has 0 radical (unpaired) electrons. The van der Waals surface area contributed by atoms with Gasteiger partial charge in [-0.2, -0.15) is 0 Å². The zero-order valence-electron chi connectivity index (χ0n) is 14.0. The number of nitrogens with one attached hydrogen (secondary N) is 2. The summed E-state index contributed by atoms with van der Waals surface area (Å²) in [6.07, 6.45) is 5.62. The Bertz CT molecular complexity index is 427. The van der Waals surface area contributed by atoms with E-state index in [1.165, 1.54) is 6.42 Å². The van der Waals surface area contributed by atoms with E-state index in [-0.39, 0.29) is 24.3 Å². The Morgan fingerprint density at radius 3 is 2.26 bits per heavy atom. The fourth-order valence-corrected chi connectivity index (χ4v) is 3.31. The van der Waals surface area contributed by atoms with Gasteiger partial charge in [-0.25, -0.2) is 4.79 Å². The van der Waals surface area contributed by atoms with Crippen LogP contribution < -0.4 is 10.6 Å². The van der Waals surface area contributed by atoms with Crippen LogP contribution in [0.25, 0.3) is 0 Å². The van der Waals surface area contributed by atoms with Gasteiger partial charge in [-0.3, -0.25) is 19.8 Å². The molecule has 1 heterocycles. The molecule has 0 bridgehead atoms. The standard InChI is InChI=1S/C16H28N4O3/c1-2-17-16(23)18-14(21)12-19-8-10-20(11-9-19)15(22)13-6-4-3-5-7-13/h13H,2-12H2,1H3,(H2,17,18,21,23). The van der Waals surface area contributed by atoms with Crippen LogP contribution in [0.4, 0.5) is 4.79 Å². The first-order chi connectivity index (χ1) is 11.1. The number of imide groups is 1. The highest BCUT2D eigenvalue weighted by atomic mass is 16.2. The Kier molecular flexibility index (Phi) is 6.83. The molecule has 0 atom stereocenters. The molecule has 0 spiro atoms. The summed E-state index contributed by atoms with van der Waals surface area (Å²) in [4.78, 5) is 39.5. The lowest BCUT2D eigenvalue weighted by molar-refractivity contribution is -0.138. The first-order valence-corrected chi connectivity index (χ1v) is 8.69. The van der Waals surface area contributed by atoms with Crippen molar-refractivity contribution in [2.75, 3.05) is 39.3 Å². The average Bonchev–Trinajstić information content (AvgIpc) is 2.56. The summed E-state index contributed by atoms with van der Waals surface area (Å²) in [6.45, 7) is 5.19. The van der Waals surface area contributed by atoms with E-state index in [9.17, 15) is 14.4 Å². The third-order valence-corrected chi connectivity index (χ3v) is 4.60. The van der Waals surface area contributed by atoms with Crippen LogP contribution in [-0.2, 0) is 9.59 Å². The minimum absolute atomic E-state index is 0.197. The molecule has 2 fully saturated rings. The lowest BCUT2D eigenvalue weighted by Gasteiger charge is -2.36. The molecular weight excluding hydrogens is 296 g/mol. The maximum absolute atomic E-state index is 12.5. The maximum Gasteiger partial charge on any atom is 0.321 e. The highest BCUT2D eigenvalue weighted by Gasteiger charge is 2.28. The smallest absolute Gasteiger partial charge is 0.321 e. The van der Waals surface area contributed by atoms with E-state index in [4.69, 9.17) is 0 Å². The zero-order chi connectivity index (χ0) is 16.7. The summed E-state index contributed by atoms with van der Waals surface area (Å²) in [7, 11) is 0. The van der Waals surface area contributed by atoms with Crippen LogP contribution in [-0.4, -0.2) is 66.9 Å². The van der Waals surface area contributed by atoms with E-state index in [0.717, 1.165) is 25.7 Å². The van der Waals surface area contributed by atoms with Crippen LogP contribution in [0.2, 0.25) is 0 Å². The third kappa shape index (κ3) is 5.49. The normalized spacial score (nSPS) is 20.1. The number of piperazine rings is 1. The Labute approximate surface area is 137 Å². The number of rotatable bonds is 4. The topological polar surface area (TPSA) is 81.8 Å². The molecular formula is C16H28N4O3. The molecule has 1 saturated carbocycles. The molecule has 0 aromatic carbocycles. The van der Waals surface area contributed by atoms with E-state index < -0.39 is 6.03 Å². The third-order valence-electron chi connectivity index (χ3n) is 4.60. The van der Waals surface area contributed by atoms with Gasteiger partial charge in [-0.1, -0.05) is 19.3 Å². The Balaban J connectivity index is 1.70. The van der Waals surface area contributed by atoms with Gasteiger partial charge in [0.2, 0.25) is 11.8 Å². The van der Waals surface area contributed by atoms with Gasteiger partial charge in [-0.05, 0) is 19.8 Å². The van der Waals surface area contributed by atoms with Gasteiger partial charge in [0.25, 0.3) is 0 Å². The van der Waals surface area contributed by atoms with Gasteiger partial charge in [0.1, 0.15) is 0 Å². The first-order valence-electron chi connectivity index (χ1n) is 8.69. The SMILES string of the molecule is CCNC(=O)NC(=O)CN1CCN(C(=O)C2CCCCC2)CC1. The molecule has 1 saturated heterocycles. The lowest BCUT2D eigenvalue weighted by Crippen LogP contribution is -2.53. The quantitative estimate of drug-likeness (QED) is 0.791. The maximum atomic E-state index is 12.5. The summed E-state index contributed by atoms with van der Waals surface area (Å²) >= 11 is 0. The molecule has 0 aromatic rings. The van der Waals surface area contributed by atoms with E-state index >= 15 is 0 Å². The highest BCUT2D eigenvalue weighted by Crippen LogP contribution is 2.25. The zero-order valence-corrected chi connectivity index (χ0v) is 14.0. The highest BCUT2D eigenvalue weighted by molar-refractivity contribution is 5.95. The summed E-state index contributed by atoms with van der Waals surface area (Å²) in [5.41, 5.74) is 0. The number of carbonyl (C=O) groups is 3. The van der Waals surface area contributed by atoms with Gasteiger partial charge < -0.3 is 10.2 Å². The van der Waals surface area contributed by atoms with Crippen molar-refractivity contribution in [3.8, 4) is 0 Å². The first kappa shape index (κ1) is 17.7. The molecule has 0 unspecified atom stereocenters. The second-order valence-electron chi connectivity index (χ2n) is 6.34. The van der Waals surface area contributed by atoms with E-state index in [1.807, 2.05) is 9.80 Å². The Morgan fingerprint density at radius 1 is 1.00 bits per heavy atom. The Morgan fingerprint density at radius 2 is 1.65 bits per heavy atom. The summed E-state index contributed by atoms with van der Waals surface area (Å²) in [5.74, 6) is 0.190. The minimum Gasteiger partial charge on any atom is -0.340 e. The molecule has 1 aliphatic heterocycles. The molecule has 130 valence electrons. The largest absolute Gasteiger partial charge is 0.340 e. The van der Waals surface area contributed by atoms with Crippen LogP contribution in [0.3, 0.4) is 0 Å². The summed E-state index contributed by atoms with van der Waals surface area (Å²) < 4.78 is 0. The fraction of sp³-hybridized carbons (Fsp3) is 0.812. The second-order valence-corrected chi connectivity index (χ2v) is 6.34. The number of nitrogens with zero attached hydrogens (tertiary/aromatic N) is 2. The van der Waals surface area contributed by atoms with Crippen molar-refractivity contribution in [2.45, 2.75) is 39.0 Å². The van der Waals surface area contributed by atoms with Gasteiger partial charge in [0.05, 0.1) is 6.54 Å². The van der Waals surface area contributed by atoms with Crippen molar-refractivity contribution in [3.63, 3.8) is 0 Å². The molecule has 7 nitrogen and oxygen atoms in total. The van der Waals surface area contributed by atoms with Crippen LogP contribution in [0, 0.1) is 5.92 Å². The van der Waals surface area contributed by atoms with Crippen molar-refractivity contribution < 1.29 is 14.4 Å². The van der Waals surface area contributed by atoms with E-state index in [2.05, 4.69) is 10.6 Å². The molecule has 4 amide bonds. The molecule has 2 aliphatic rings. The van der Waals surface area contributed by atoms with Crippen molar-refractivity contribution in [2.24, 2.45) is 5.92 Å². The number of urea groups is 1. The molecule has 2 rings (SSSR count). The van der Waals surface area contributed by atoms with Crippen molar-refractivity contribution in [1.29, 1.82) is 0 Å². The average molecular weight is 324 g/mol. The monoisotopic (exact) mass is 324 g/mol. The predicted molar refractivity (Wildman–Crippen MR) is 86.8 cm³/mol. The molecule has 7 heteroatoms.